The summed E-state index contributed by atoms with van der Waals surface area (Å²) in [6.45, 7) is 4.09. The molecular weight excluding hydrogens is 394 g/mol. The van der Waals surface area contributed by atoms with Crippen molar-refractivity contribution < 1.29 is 4.92 Å². The molecule has 0 spiro atoms. The highest BCUT2D eigenvalue weighted by molar-refractivity contribution is 7.19. The number of nitro benzene ring substituents is 1. The summed E-state index contributed by atoms with van der Waals surface area (Å²) in [6, 6.07) is 22.8. The molecule has 0 bridgehead atoms. The van der Waals surface area contributed by atoms with Crippen molar-refractivity contribution in [2.45, 2.75) is 13.8 Å². The average molecular weight is 414 g/mol. The predicted octanol–water partition coefficient (Wildman–Crippen LogP) is 6.75. The van der Waals surface area contributed by atoms with Crippen molar-refractivity contribution in [1.82, 2.24) is 4.98 Å². The minimum Gasteiger partial charge on any atom is -0.258 e. The number of thiazole rings is 1. The molecule has 0 aliphatic rings. The highest BCUT2D eigenvalue weighted by Gasteiger charge is 2.16. The minimum absolute atomic E-state index is 0.0674. The van der Waals surface area contributed by atoms with E-state index >= 15 is 0 Å². The molecule has 5 nitrogen and oxygen atoms in total. The Balaban J connectivity index is 1.75. The monoisotopic (exact) mass is 413 g/mol. The van der Waals surface area contributed by atoms with Crippen LogP contribution >= 0.6 is 11.3 Å². The highest BCUT2D eigenvalue weighted by atomic mass is 32.1. The number of aromatic nitrogens is 1. The van der Waals surface area contributed by atoms with Crippen molar-refractivity contribution in [2.75, 3.05) is 0 Å². The minimum atomic E-state index is -0.394. The number of hydrogen-bond donors (Lipinski definition) is 0. The van der Waals surface area contributed by atoms with E-state index in [0.717, 1.165) is 27.3 Å². The summed E-state index contributed by atoms with van der Waals surface area (Å²) in [5.41, 5.74) is 6.13. The lowest BCUT2D eigenvalue weighted by molar-refractivity contribution is -0.384. The van der Waals surface area contributed by atoms with Crippen LogP contribution in [0.2, 0.25) is 0 Å². The van der Waals surface area contributed by atoms with Gasteiger partial charge in [0.05, 0.1) is 15.5 Å². The molecule has 0 saturated carbocycles. The van der Waals surface area contributed by atoms with Crippen LogP contribution in [0.4, 0.5) is 10.8 Å². The molecule has 4 aromatic rings. The number of nitrogens with zero attached hydrogens (tertiary/aromatic N) is 3. The van der Waals surface area contributed by atoms with Gasteiger partial charge in [-0.25, -0.2) is 9.98 Å². The van der Waals surface area contributed by atoms with Crippen LogP contribution in [0.3, 0.4) is 0 Å². The number of hydrogen-bond acceptors (Lipinski definition) is 5. The lowest BCUT2D eigenvalue weighted by atomic mass is 10.1. The standard InChI is InChI=1S/C24H19N3O2S/c1-16-3-7-18(8-4-16)15-25-24-26-22(19-9-5-17(2)6-10-19)23(30-24)20-11-13-21(14-12-20)27(28)29/h3-15H,1-2H3. The van der Waals surface area contributed by atoms with Crippen molar-refractivity contribution in [1.29, 1.82) is 0 Å². The number of rotatable bonds is 5. The van der Waals surface area contributed by atoms with Crippen molar-refractivity contribution in [3.8, 4) is 21.7 Å². The molecule has 0 aliphatic heterocycles. The van der Waals surface area contributed by atoms with Crippen molar-refractivity contribution >= 4 is 28.4 Å². The molecule has 0 amide bonds. The van der Waals surface area contributed by atoms with Crippen LogP contribution in [-0.4, -0.2) is 16.1 Å². The van der Waals surface area contributed by atoms with Crippen molar-refractivity contribution in [2.24, 2.45) is 4.99 Å². The third kappa shape index (κ3) is 4.34. The number of aliphatic imine (C=N–C) groups is 1. The predicted molar refractivity (Wildman–Crippen MR) is 123 cm³/mol. The number of non-ortho nitro benzene ring substituents is 1. The molecule has 3 aromatic carbocycles. The first-order valence-corrected chi connectivity index (χ1v) is 10.2. The van der Waals surface area contributed by atoms with E-state index in [9.17, 15) is 10.1 Å². The Morgan fingerprint density at radius 2 is 1.43 bits per heavy atom. The van der Waals surface area contributed by atoms with E-state index in [1.165, 1.54) is 34.6 Å². The summed E-state index contributed by atoms with van der Waals surface area (Å²) < 4.78 is 0. The fraction of sp³-hybridized carbons (Fsp3) is 0.0833. The Morgan fingerprint density at radius 3 is 2.03 bits per heavy atom. The first-order chi connectivity index (χ1) is 14.5. The number of benzene rings is 3. The van der Waals surface area contributed by atoms with Gasteiger partial charge in [-0.2, -0.15) is 0 Å². The smallest absolute Gasteiger partial charge is 0.258 e. The van der Waals surface area contributed by atoms with Crippen LogP contribution in [0.1, 0.15) is 16.7 Å². The first-order valence-electron chi connectivity index (χ1n) is 9.43. The summed E-state index contributed by atoms with van der Waals surface area (Å²) >= 11 is 1.47. The summed E-state index contributed by atoms with van der Waals surface area (Å²) in [5, 5.41) is 11.6. The Kier molecular flexibility index (Phi) is 5.50. The second-order valence-corrected chi connectivity index (χ2v) is 7.99. The zero-order chi connectivity index (χ0) is 21.1. The Morgan fingerprint density at radius 1 is 0.867 bits per heavy atom. The molecule has 6 heteroatoms. The number of nitro groups is 1. The molecule has 0 N–H and O–H groups in total. The van der Waals surface area contributed by atoms with Crippen LogP contribution in [0.25, 0.3) is 21.7 Å². The lowest BCUT2D eigenvalue weighted by Gasteiger charge is -2.03. The van der Waals surface area contributed by atoms with Crippen molar-refractivity contribution in [3.63, 3.8) is 0 Å². The van der Waals surface area contributed by atoms with E-state index in [-0.39, 0.29) is 5.69 Å². The van der Waals surface area contributed by atoms with Crippen molar-refractivity contribution in [3.05, 3.63) is 99.6 Å². The summed E-state index contributed by atoms with van der Waals surface area (Å²) in [7, 11) is 0. The van der Waals surface area contributed by atoms with E-state index in [1.54, 1.807) is 18.3 Å². The largest absolute Gasteiger partial charge is 0.269 e. The Bertz CT molecular complexity index is 1210. The molecule has 30 heavy (non-hydrogen) atoms. The normalized spacial score (nSPS) is 11.1. The SMILES string of the molecule is Cc1ccc(C=Nc2nc(-c3ccc(C)cc3)c(-c3ccc([N+](=O)[O-])cc3)s2)cc1. The fourth-order valence-corrected chi connectivity index (χ4v) is 3.92. The van der Waals surface area contributed by atoms with Crippen LogP contribution in [-0.2, 0) is 0 Å². The quantitative estimate of drug-likeness (QED) is 0.206. The zero-order valence-electron chi connectivity index (χ0n) is 16.6. The molecule has 0 saturated heterocycles. The van der Waals surface area contributed by atoms with Gasteiger partial charge < -0.3 is 0 Å². The van der Waals surface area contributed by atoms with Crippen LogP contribution in [0.15, 0.2) is 77.8 Å². The second kappa shape index (κ2) is 8.39. The summed E-state index contributed by atoms with van der Waals surface area (Å²) in [6.07, 6.45) is 1.80. The van der Waals surface area contributed by atoms with Gasteiger partial charge in [-0.15, -0.1) is 0 Å². The molecule has 0 aliphatic carbocycles. The molecule has 0 unspecified atom stereocenters. The molecule has 0 atom stereocenters. The zero-order valence-corrected chi connectivity index (χ0v) is 17.4. The first kappa shape index (κ1) is 19.7. The van der Waals surface area contributed by atoms with Gasteiger partial charge in [0.15, 0.2) is 0 Å². The van der Waals surface area contributed by atoms with Crippen LogP contribution in [0, 0.1) is 24.0 Å². The third-order valence-corrected chi connectivity index (χ3v) is 5.70. The van der Waals surface area contributed by atoms with Gasteiger partial charge in [0.1, 0.15) is 0 Å². The topological polar surface area (TPSA) is 68.4 Å². The molecule has 1 aromatic heterocycles. The van der Waals surface area contributed by atoms with E-state index < -0.39 is 4.92 Å². The van der Waals surface area contributed by atoms with Gasteiger partial charge in [-0.05, 0) is 37.1 Å². The lowest BCUT2D eigenvalue weighted by Crippen LogP contribution is -1.87. The van der Waals surface area contributed by atoms with Gasteiger partial charge in [0, 0.05) is 23.9 Å². The molecule has 4 rings (SSSR count). The van der Waals surface area contributed by atoms with Gasteiger partial charge in [-0.3, -0.25) is 10.1 Å². The van der Waals surface area contributed by atoms with Gasteiger partial charge in [0.2, 0.25) is 5.13 Å². The van der Waals surface area contributed by atoms with Gasteiger partial charge >= 0.3 is 0 Å². The fourth-order valence-electron chi connectivity index (χ4n) is 2.98. The molecular formula is C24H19N3O2S. The summed E-state index contributed by atoms with van der Waals surface area (Å²) in [5.74, 6) is 0. The van der Waals surface area contributed by atoms with E-state index in [0.29, 0.717) is 5.13 Å². The van der Waals surface area contributed by atoms with E-state index in [4.69, 9.17) is 4.98 Å². The van der Waals surface area contributed by atoms with Crippen LogP contribution in [0.5, 0.6) is 0 Å². The Labute approximate surface area is 178 Å². The second-order valence-electron chi connectivity index (χ2n) is 7.01. The highest BCUT2D eigenvalue weighted by Crippen LogP contribution is 2.40. The van der Waals surface area contributed by atoms with Crippen LogP contribution < -0.4 is 0 Å². The Hall–Kier alpha value is -3.64. The maximum Gasteiger partial charge on any atom is 0.269 e. The average Bonchev–Trinajstić information content (AvgIpc) is 3.18. The molecule has 0 fully saturated rings. The molecule has 0 radical (unpaired) electrons. The van der Waals surface area contributed by atoms with E-state index in [2.05, 4.69) is 4.99 Å². The van der Waals surface area contributed by atoms with Gasteiger partial charge in [-0.1, -0.05) is 71.0 Å². The maximum atomic E-state index is 11.0. The van der Waals surface area contributed by atoms with Gasteiger partial charge in [0.25, 0.3) is 5.69 Å². The third-order valence-electron chi connectivity index (χ3n) is 4.68. The molecule has 1 heterocycles. The summed E-state index contributed by atoms with van der Waals surface area (Å²) in [4.78, 5) is 20.9. The number of aryl methyl sites for hydroxylation is 2. The van der Waals surface area contributed by atoms with E-state index in [1.807, 2.05) is 62.4 Å². The molecule has 148 valence electrons. The maximum absolute atomic E-state index is 11.0.